The first-order valence-corrected chi connectivity index (χ1v) is 9.02. The molecule has 1 spiro atoms. The quantitative estimate of drug-likeness (QED) is 0.576. The van der Waals surface area contributed by atoms with Crippen LogP contribution in [0.1, 0.15) is 25.0 Å². The van der Waals surface area contributed by atoms with Crippen LogP contribution >= 0.6 is 0 Å². The number of nitrogens with zero attached hydrogens (tertiary/aromatic N) is 3. The number of ether oxygens (including phenoxy) is 1. The van der Waals surface area contributed by atoms with Crippen molar-refractivity contribution in [3.63, 3.8) is 0 Å². The van der Waals surface area contributed by atoms with Gasteiger partial charge in [0.05, 0.1) is 23.3 Å². The number of aliphatic imine (C=N–C) groups is 1. The van der Waals surface area contributed by atoms with Crippen molar-refractivity contribution in [2.75, 3.05) is 11.9 Å². The van der Waals surface area contributed by atoms with Crippen LogP contribution in [0.25, 0.3) is 10.8 Å². The van der Waals surface area contributed by atoms with Crippen LogP contribution < -0.4 is 9.64 Å². The van der Waals surface area contributed by atoms with E-state index in [0.717, 1.165) is 27.9 Å². The van der Waals surface area contributed by atoms with E-state index in [1.807, 2.05) is 36.5 Å². The number of fused-ring (bicyclic) bond motifs is 4. The SMILES string of the molecule is CN1c2ccccc2C(C)(C)C12C=Nc1c(ccc3cc(C#N)ccc13)O2. The maximum atomic E-state index is 9.14. The number of likely N-dealkylation sites (N-methyl/N-ethyl adjacent to an activating group) is 1. The van der Waals surface area contributed by atoms with Gasteiger partial charge < -0.3 is 9.64 Å². The standard InChI is InChI=1S/C23H19N3O/c1-22(2)18-6-4-5-7-19(18)26(3)23(22)14-25-21-17-10-8-15(13-24)12-16(17)9-11-20(21)27-23/h4-12,14H,1-3H3. The fourth-order valence-corrected chi connectivity index (χ4v) is 4.45. The summed E-state index contributed by atoms with van der Waals surface area (Å²) in [6.07, 6.45) is 1.94. The van der Waals surface area contributed by atoms with Gasteiger partial charge in [0.2, 0.25) is 5.72 Å². The fourth-order valence-electron chi connectivity index (χ4n) is 4.45. The zero-order valence-corrected chi connectivity index (χ0v) is 15.5. The molecule has 3 aromatic rings. The van der Waals surface area contributed by atoms with Gasteiger partial charge in [-0.05, 0) is 49.1 Å². The van der Waals surface area contributed by atoms with E-state index in [-0.39, 0.29) is 5.41 Å². The summed E-state index contributed by atoms with van der Waals surface area (Å²) in [7, 11) is 2.06. The first-order chi connectivity index (χ1) is 13.0. The molecule has 5 rings (SSSR count). The van der Waals surface area contributed by atoms with Gasteiger partial charge in [-0.15, -0.1) is 0 Å². The van der Waals surface area contributed by atoms with Crippen molar-refractivity contribution in [2.45, 2.75) is 25.0 Å². The molecule has 0 aromatic heterocycles. The van der Waals surface area contributed by atoms with E-state index < -0.39 is 5.72 Å². The van der Waals surface area contributed by atoms with E-state index in [0.29, 0.717) is 5.56 Å². The predicted octanol–water partition coefficient (Wildman–Crippen LogP) is 4.93. The van der Waals surface area contributed by atoms with Crippen molar-refractivity contribution >= 4 is 28.4 Å². The highest BCUT2D eigenvalue weighted by Gasteiger charge is 2.58. The molecule has 0 amide bonds. The molecule has 0 N–H and O–H groups in total. The molecule has 0 radical (unpaired) electrons. The molecule has 0 aliphatic carbocycles. The molecule has 1 unspecified atom stereocenters. The molecular formula is C23H19N3O. The van der Waals surface area contributed by atoms with Crippen molar-refractivity contribution < 1.29 is 4.74 Å². The summed E-state index contributed by atoms with van der Waals surface area (Å²) >= 11 is 0. The molecule has 0 saturated carbocycles. The molecular weight excluding hydrogens is 334 g/mol. The predicted molar refractivity (Wildman–Crippen MR) is 108 cm³/mol. The van der Waals surface area contributed by atoms with Crippen LogP contribution in [0.3, 0.4) is 0 Å². The Morgan fingerprint density at radius 2 is 1.89 bits per heavy atom. The van der Waals surface area contributed by atoms with Crippen LogP contribution in [0, 0.1) is 11.3 Å². The number of anilines is 1. The minimum Gasteiger partial charge on any atom is -0.459 e. The van der Waals surface area contributed by atoms with Crippen LogP contribution in [-0.2, 0) is 5.41 Å². The van der Waals surface area contributed by atoms with Crippen LogP contribution in [0.15, 0.2) is 59.6 Å². The minimum atomic E-state index is -0.677. The topological polar surface area (TPSA) is 48.6 Å². The summed E-state index contributed by atoms with van der Waals surface area (Å²) in [5, 5.41) is 11.1. The van der Waals surface area contributed by atoms with Gasteiger partial charge in [0, 0.05) is 18.1 Å². The lowest BCUT2D eigenvalue weighted by Crippen LogP contribution is -2.61. The van der Waals surface area contributed by atoms with E-state index in [1.54, 1.807) is 0 Å². The molecule has 3 aromatic carbocycles. The van der Waals surface area contributed by atoms with Gasteiger partial charge in [0.1, 0.15) is 11.4 Å². The molecule has 2 aliphatic rings. The van der Waals surface area contributed by atoms with Crippen molar-refractivity contribution in [3.8, 4) is 11.8 Å². The molecule has 4 heteroatoms. The molecule has 0 fully saturated rings. The summed E-state index contributed by atoms with van der Waals surface area (Å²) < 4.78 is 6.67. The number of hydrogen-bond donors (Lipinski definition) is 0. The maximum Gasteiger partial charge on any atom is 0.228 e. The lowest BCUT2D eigenvalue weighted by molar-refractivity contribution is 0.0826. The van der Waals surface area contributed by atoms with E-state index in [1.165, 1.54) is 5.56 Å². The van der Waals surface area contributed by atoms with Gasteiger partial charge in [-0.3, -0.25) is 4.99 Å². The molecule has 0 saturated heterocycles. The number of hydrogen-bond acceptors (Lipinski definition) is 4. The van der Waals surface area contributed by atoms with Gasteiger partial charge in [-0.25, -0.2) is 0 Å². The summed E-state index contributed by atoms with van der Waals surface area (Å²) in [6.45, 7) is 4.40. The first-order valence-electron chi connectivity index (χ1n) is 9.02. The maximum absolute atomic E-state index is 9.14. The normalized spacial score (nSPS) is 21.6. The Morgan fingerprint density at radius 3 is 2.67 bits per heavy atom. The van der Waals surface area contributed by atoms with Gasteiger partial charge in [-0.1, -0.05) is 30.3 Å². The summed E-state index contributed by atoms with van der Waals surface area (Å²) in [4.78, 5) is 7.04. The van der Waals surface area contributed by atoms with Crippen LogP contribution in [0.5, 0.6) is 5.75 Å². The van der Waals surface area contributed by atoms with Crippen molar-refractivity contribution in [1.29, 1.82) is 5.26 Å². The van der Waals surface area contributed by atoms with E-state index >= 15 is 0 Å². The zero-order valence-electron chi connectivity index (χ0n) is 15.5. The third-order valence-corrected chi connectivity index (χ3v) is 6.05. The Morgan fingerprint density at radius 1 is 1.07 bits per heavy atom. The number of benzene rings is 3. The highest BCUT2D eigenvalue weighted by atomic mass is 16.5. The van der Waals surface area contributed by atoms with Gasteiger partial charge in [0.15, 0.2) is 0 Å². The largest absolute Gasteiger partial charge is 0.459 e. The fraction of sp³-hybridized carbons (Fsp3) is 0.217. The molecule has 4 nitrogen and oxygen atoms in total. The van der Waals surface area contributed by atoms with Gasteiger partial charge >= 0.3 is 0 Å². The second kappa shape index (κ2) is 5.11. The van der Waals surface area contributed by atoms with E-state index in [9.17, 15) is 0 Å². The van der Waals surface area contributed by atoms with Crippen molar-refractivity contribution in [3.05, 3.63) is 65.7 Å². The van der Waals surface area contributed by atoms with Crippen LogP contribution in [0.2, 0.25) is 0 Å². The highest BCUT2D eigenvalue weighted by Crippen LogP contribution is 2.54. The Balaban J connectivity index is 1.69. The minimum absolute atomic E-state index is 0.265. The molecule has 132 valence electrons. The van der Waals surface area contributed by atoms with Crippen LogP contribution in [-0.4, -0.2) is 19.0 Å². The third kappa shape index (κ3) is 1.89. The zero-order chi connectivity index (χ0) is 18.8. The Labute approximate surface area is 158 Å². The Kier molecular flexibility index (Phi) is 3.01. The van der Waals surface area contributed by atoms with Crippen LogP contribution in [0.4, 0.5) is 11.4 Å². The third-order valence-electron chi connectivity index (χ3n) is 6.05. The average Bonchev–Trinajstić information content (AvgIpc) is 2.86. The van der Waals surface area contributed by atoms with E-state index in [4.69, 9.17) is 15.0 Å². The first kappa shape index (κ1) is 15.9. The number of para-hydroxylation sites is 1. The highest BCUT2D eigenvalue weighted by molar-refractivity contribution is 6.00. The van der Waals surface area contributed by atoms with Crippen molar-refractivity contribution in [2.24, 2.45) is 4.99 Å². The van der Waals surface area contributed by atoms with Crippen molar-refractivity contribution in [1.82, 2.24) is 0 Å². The molecule has 2 heterocycles. The molecule has 27 heavy (non-hydrogen) atoms. The second-order valence-corrected chi connectivity index (χ2v) is 7.72. The second-order valence-electron chi connectivity index (χ2n) is 7.72. The Bertz CT molecular complexity index is 1170. The van der Waals surface area contributed by atoms with E-state index in [2.05, 4.69) is 56.1 Å². The number of nitriles is 1. The molecule has 0 bridgehead atoms. The molecule has 2 aliphatic heterocycles. The summed E-state index contributed by atoms with van der Waals surface area (Å²) in [5.41, 5.74) is 2.94. The van der Waals surface area contributed by atoms with Gasteiger partial charge in [-0.2, -0.15) is 5.26 Å². The lowest BCUT2D eigenvalue weighted by Gasteiger charge is -2.45. The van der Waals surface area contributed by atoms with Gasteiger partial charge in [0.25, 0.3) is 0 Å². The summed E-state index contributed by atoms with van der Waals surface area (Å²) in [5.74, 6) is 0.766. The number of rotatable bonds is 0. The molecule has 1 atom stereocenters. The summed E-state index contributed by atoms with van der Waals surface area (Å²) in [6, 6.07) is 20.2. The smallest absolute Gasteiger partial charge is 0.228 e. The monoisotopic (exact) mass is 353 g/mol. The average molecular weight is 353 g/mol. The lowest BCUT2D eigenvalue weighted by atomic mass is 9.77. The Hall–Kier alpha value is -3.32.